The molecule has 6 rings (SSSR count). The van der Waals surface area contributed by atoms with Crippen molar-refractivity contribution in [2.24, 2.45) is 0 Å². The van der Waals surface area contributed by atoms with Crippen LogP contribution in [-0.4, -0.2) is 77.9 Å². The lowest BCUT2D eigenvalue weighted by Gasteiger charge is -2.29. The van der Waals surface area contributed by atoms with Crippen LogP contribution in [0.2, 0.25) is 0 Å². The van der Waals surface area contributed by atoms with Gasteiger partial charge in [-0.25, -0.2) is 9.78 Å². The van der Waals surface area contributed by atoms with Gasteiger partial charge in [0, 0.05) is 31.5 Å². The topological polar surface area (TPSA) is 113 Å². The molecule has 214 valence electrons. The Morgan fingerprint density at radius 3 is 2.71 bits per heavy atom. The van der Waals surface area contributed by atoms with E-state index < -0.39 is 5.60 Å². The molecule has 1 amide bonds. The maximum absolute atomic E-state index is 12.5. The summed E-state index contributed by atoms with van der Waals surface area (Å²) in [5, 5.41) is 13.3. The molecule has 2 N–H and O–H groups in total. The first kappa shape index (κ1) is 26.8. The number of para-hydroxylation sites is 1. The molecule has 2 aliphatic rings. The highest BCUT2D eigenvalue weighted by atomic mass is 16.6. The largest absolute Gasteiger partial charge is 0.444 e. The normalized spacial score (nSPS) is 17.7. The van der Waals surface area contributed by atoms with Crippen LogP contribution in [0.4, 0.5) is 22.5 Å². The monoisotopic (exact) mass is 556 g/mol. The summed E-state index contributed by atoms with van der Waals surface area (Å²) in [5.41, 5.74) is 3.40. The minimum absolute atomic E-state index is 0.00286. The molecule has 1 saturated heterocycles. The first-order valence-corrected chi connectivity index (χ1v) is 14.1. The number of anilines is 3. The third-order valence-electron chi connectivity index (χ3n) is 7.40. The molecule has 3 aromatic heterocycles. The fraction of sp³-hybridized carbons (Fsp3) is 0.400. The second-order valence-electron chi connectivity index (χ2n) is 11.5. The number of aliphatic hydroxyl groups is 1. The molecule has 0 aliphatic carbocycles. The molecular weight excluding hydrogens is 520 g/mol. The van der Waals surface area contributed by atoms with Crippen LogP contribution in [0.1, 0.15) is 45.6 Å². The lowest BCUT2D eigenvalue weighted by Crippen LogP contribution is -2.39. The molecule has 0 saturated carbocycles. The zero-order valence-electron chi connectivity index (χ0n) is 23.7. The molecule has 1 aromatic carbocycles. The Hall–Kier alpha value is -4.38. The molecule has 1 atom stereocenters. The van der Waals surface area contributed by atoms with Gasteiger partial charge >= 0.3 is 6.09 Å². The number of rotatable bonds is 6. The maximum atomic E-state index is 12.5. The van der Waals surface area contributed by atoms with E-state index in [1.165, 1.54) is 0 Å². The van der Waals surface area contributed by atoms with Crippen LogP contribution >= 0.6 is 0 Å². The molecule has 11 heteroatoms. The van der Waals surface area contributed by atoms with Crippen molar-refractivity contribution in [1.29, 1.82) is 0 Å². The van der Waals surface area contributed by atoms with E-state index in [0.717, 1.165) is 41.9 Å². The van der Waals surface area contributed by atoms with E-state index in [9.17, 15) is 9.90 Å². The number of carbonyl (C=O) groups is 1. The smallest absolute Gasteiger partial charge is 0.410 e. The minimum Gasteiger partial charge on any atom is -0.444 e. The predicted octanol–water partition coefficient (Wildman–Crippen LogP) is 4.64. The summed E-state index contributed by atoms with van der Waals surface area (Å²) in [5.74, 6) is 1.82. The summed E-state index contributed by atoms with van der Waals surface area (Å²) >= 11 is 0. The molecule has 5 heterocycles. The summed E-state index contributed by atoms with van der Waals surface area (Å²) in [6.07, 6.45) is 10.1. The summed E-state index contributed by atoms with van der Waals surface area (Å²) < 4.78 is 9.43. The SMILES string of the molecule is CC(C)(C)OC(=O)N1CC=C(c2cc3nc(N4CCC[C@H]4CO)nc(Nc4cn(-c5ccccc5)cn4)n3c2)CC1. The molecule has 41 heavy (non-hydrogen) atoms. The number of fused-ring (bicyclic) bond motifs is 1. The summed E-state index contributed by atoms with van der Waals surface area (Å²) in [6, 6.07) is 12.1. The predicted molar refractivity (Wildman–Crippen MR) is 158 cm³/mol. The van der Waals surface area contributed by atoms with Gasteiger partial charge in [-0.3, -0.25) is 4.40 Å². The Morgan fingerprint density at radius 1 is 1.15 bits per heavy atom. The van der Waals surface area contributed by atoms with E-state index in [2.05, 4.69) is 27.3 Å². The molecule has 1 fully saturated rings. The zero-order chi connectivity index (χ0) is 28.6. The van der Waals surface area contributed by atoms with Crippen LogP contribution in [0.25, 0.3) is 16.9 Å². The molecule has 2 aliphatic heterocycles. The highest BCUT2D eigenvalue weighted by Gasteiger charge is 2.28. The Labute approximate surface area is 239 Å². The van der Waals surface area contributed by atoms with Gasteiger partial charge in [0.2, 0.25) is 11.9 Å². The molecule has 11 nitrogen and oxygen atoms in total. The van der Waals surface area contributed by atoms with Gasteiger partial charge in [0.05, 0.1) is 18.8 Å². The third-order valence-corrected chi connectivity index (χ3v) is 7.40. The number of ether oxygens (including phenoxy) is 1. The number of nitrogens with zero attached hydrogens (tertiary/aromatic N) is 7. The molecule has 0 radical (unpaired) electrons. The average molecular weight is 557 g/mol. The van der Waals surface area contributed by atoms with Crippen molar-refractivity contribution in [2.45, 2.75) is 51.7 Å². The van der Waals surface area contributed by atoms with E-state index in [-0.39, 0.29) is 18.7 Å². The molecule has 0 bridgehead atoms. The molecule has 0 spiro atoms. The molecular formula is C30H36N8O3. The Morgan fingerprint density at radius 2 is 1.98 bits per heavy atom. The number of carbonyl (C=O) groups excluding carboxylic acids is 1. The van der Waals surface area contributed by atoms with Crippen LogP contribution in [-0.2, 0) is 4.74 Å². The number of amides is 1. The maximum Gasteiger partial charge on any atom is 0.410 e. The van der Waals surface area contributed by atoms with Crippen LogP contribution < -0.4 is 10.2 Å². The van der Waals surface area contributed by atoms with Crippen molar-refractivity contribution in [3.05, 3.63) is 66.8 Å². The Kier molecular flexibility index (Phi) is 7.12. The van der Waals surface area contributed by atoms with Crippen molar-refractivity contribution in [1.82, 2.24) is 28.8 Å². The highest BCUT2D eigenvalue weighted by Crippen LogP contribution is 2.30. The Balaban J connectivity index is 1.31. The lowest BCUT2D eigenvalue weighted by atomic mass is 10.0. The van der Waals surface area contributed by atoms with Crippen LogP contribution in [0.15, 0.2) is 61.2 Å². The first-order valence-electron chi connectivity index (χ1n) is 14.1. The van der Waals surface area contributed by atoms with Gasteiger partial charge in [-0.2, -0.15) is 9.97 Å². The Bertz CT molecular complexity index is 1570. The van der Waals surface area contributed by atoms with E-state index in [4.69, 9.17) is 14.7 Å². The van der Waals surface area contributed by atoms with Crippen molar-refractivity contribution in [3.8, 4) is 5.69 Å². The quantitative estimate of drug-likeness (QED) is 0.353. The second-order valence-corrected chi connectivity index (χ2v) is 11.5. The van der Waals surface area contributed by atoms with Crippen molar-refractivity contribution in [2.75, 3.05) is 36.5 Å². The van der Waals surface area contributed by atoms with Crippen LogP contribution in [0.5, 0.6) is 0 Å². The minimum atomic E-state index is -0.526. The number of imidazole rings is 1. The van der Waals surface area contributed by atoms with E-state index in [1.54, 1.807) is 11.2 Å². The van der Waals surface area contributed by atoms with Crippen LogP contribution in [0, 0.1) is 0 Å². The average Bonchev–Trinajstić information content (AvgIpc) is 3.72. The first-order chi connectivity index (χ1) is 19.8. The number of aliphatic hydroxyl groups excluding tert-OH is 1. The third kappa shape index (κ3) is 5.76. The van der Waals surface area contributed by atoms with Crippen molar-refractivity contribution < 1.29 is 14.6 Å². The van der Waals surface area contributed by atoms with Gasteiger partial charge in [0.25, 0.3) is 0 Å². The fourth-order valence-electron chi connectivity index (χ4n) is 5.33. The number of nitrogens with one attached hydrogen (secondary N) is 1. The number of hydrogen-bond acceptors (Lipinski definition) is 8. The highest BCUT2D eigenvalue weighted by molar-refractivity contribution is 5.75. The molecule has 0 unspecified atom stereocenters. The summed E-state index contributed by atoms with van der Waals surface area (Å²) in [4.78, 5) is 30.7. The van der Waals surface area contributed by atoms with Crippen LogP contribution in [0.3, 0.4) is 0 Å². The zero-order valence-corrected chi connectivity index (χ0v) is 23.7. The van der Waals surface area contributed by atoms with Gasteiger partial charge in [-0.05, 0) is 69.4 Å². The van der Waals surface area contributed by atoms with Crippen molar-refractivity contribution in [3.63, 3.8) is 0 Å². The van der Waals surface area contributed by atoms with E-state index in [0.29, 0.717) is 37.2 Å². The van der Waals surface area contributed by atoms with Gasteiger partial charge < -0.3 is 29.5 Å². The molecule has 4 aromatic rings. The van der Waals surface area contributed by atoms with Gasteiger partial charge in [0.1, 0.15) is 17.6 Å². The van der Waals surface area contributed by atoms with E-state index in [1.807, 2.05) is 72.5 Å². The van der Waals surface area contributed by atoms with Gasteiger partial charge in [0.15, 0.2) is 5.82 Å². The number of benzene rings is 1. The van der Waals surface area contributed by atoms with Crippen molar-refractivity contribution >= 4 is 35.0 Å². The number of hydrogen-bond donors (Lipinski definition) is 2. The number of aromatic nitrogens is 5. The van der Waals surface area contributed by atoms with E-state index >= 15 is 0 Å². The summed E-state index contributed by atoms with van der Waals surface area (Å²) in [6.45, 7) is 7.55. The van der Waals surface area contributed by atoms with Gasteiger partial charge in [-0.15, -0.1) is 0 Å². The summed E-state index contributed by atoms with van der Waals surface area (Å²) in [7, 11) is 0. The lowest BCUT2D eigenvalue weighted by molar-refractivity contribution is 0.0270. The fourth-order valence-corrected chi connectivity index (χ4v) is 5.33. The second kappa shape index (κ2) is 10.9. The van der Waals surface area contributed by atoms with Gasteiger partial charge in [-0.1, -0.05) is 24.3 Å². The standard InChI is InChI=1S/C30H36N8O3/c1-30(2,3)41-29(40)35-14-11-21(12-15-35)22-16-26-33-28(37-13-7-10-24(37)19-39)34-27(38(26)17-22)32-25-18-36(20-31-25)23-8-5-4-6-9-23/h4-6,8-9,11,16-18,20,24,39H,7,10,12-15,19H2,1-3H3,(H,32,33,34)/t24-/m0/s1.